The van der Waals surface area contributed by atoms with Crippen molar-refractivity contribution in [3.8, 4) is 11.5 Å². The number of nitrogens with one attached hydrogen (secondary N) is 1. The number of phenols is 1. The van der Waals surface area contributed by atoms with Crippen molar-refractivity contribution < 1.29 is 9.84 Å². The molecule has 1 aliphatic heterocycles. The number of aromatic nitrogens is 1. The molecule has 0 bridgehead atoms. The lowest BCUT2D eigenvalue weighted by Gasteiger charge is -2.13. The molecule has 0 radical (unpaired) electrons. The number of phenolic OH excluding ortho intramolecular Hbond substituents is 1. The molecule has 0 aliphatic carbocycles. The van der Waals surface area contributed by atoms with Crippen LogP contribution in [0, 0.1) is 0 Å². The van der Waals surface area contributed by atoms with Crippen LogP contribution in [0.15, 0.2) is 42.7 Å². The van der Waals surface area contributed by atoms with Crippen LogP contribution in [-0.2, 0) is 0 Å². The highest BCUT2D eigenvalue weighted by Gasteiger charge is 2.24. The Morgan fingerprint density at radius 2 is 2.12 bits per heavy atom. The highest BCUT2D eigenvalue weighted by Crippen LogP contribution is 2.35. The quantitative estimate of drug-likeness (QED) is 0.805. The van der Waals surface area contributed by atoms with E-state index in [1.54, 1.807) is 12.1 Å². The van der Waals surface area contributed by atoms with Crippen LogP contribution in [0.25, 0.3) is 0 Å². The van der Waals surface area contributed by atoms with Crippen LogP contribution in [0.2, 0.25) is 0 Å². The molecular weight excluding hydrogens is 204 g/mol. The van der Waals surface area contributed by atoms with Gasteiger partial charge in [0, 0.05) is 24.0 Å². The molecule has 2 N–H and O–H groups in total. The number of aromatic hydroxyl groups is 1. The molecular formula is C12H12N2O2. The third-order valence-electron chi connectivity index (χ3n) is 2.69. The molecule has 16 heavy (non-hydrogen) atoms. The first-order chi connectivity index (χ1) is 7.83. The van der Waals surface area contributed by atoms with Gasteiger partial charge in [-0.05, 0) is 24.3 Å². The van der Waals surface area contributed by atoms with Gasteiger partial charge in [0.15, 0.2) is 0 Å². The van der Waals surface area contributed by atoms with E-state index in [0.717, 1.165) is 11.3 Å². The Morgan fingerprint density at radius 1 is 1.31 bits per heavy atom. The third-order valence-corrected chi connectivity index (χ3v) is 2.69. The number of hydrogen-bond acceptors (Lipinski definition) is 3. The van der Waals surface area contributed by atoms with Crippen molar-refractivity contribution in [3.63, 3.8) is 0 Å². The fourth-order valence-corrected chi connectivity index (χ4v) is 1.91. The third kappa shape index (κ3) is 1.48. The Bertz CT molecular complexity index is 494. The second-order valence-electron chi connectivity index (χ2n) is 3.81. The molecule has 82 valence electrons. The van der Waals surface area contributed by atoms with E-state index in [0.29, 0.717) is 6.61 Å². The maximum absolute atomic E-state index is 9.33. The molecule has 1 aromatic heterocycles. The minimum atomic E-state index is 0.128. The Hall–Kier alpha value is -2.10. The number of nitrogens with zero attached hydrogens (tertiary/aromatic N) is 1. The lowest BCUT2D eigenvalue weighted by atomic mass is 10.1. The van der Waals surface area contributed by atoms with Crippen LogP contribution in [0.1, 0.15) is 11.6 Å². The van der Waals surface area contributed by atoms with E-state index in [1.807, 2.05) is 35.3 Å². The zero-order valence-corrected chi connectivity index (χ0v) is 8.63. The molecule has 1 atom stereocenters. The van der Waals surface area contributed by atoms with Crippen molar-refractivity contribution >= 4 is 0 Å². The van der Waals surface area contributed by atoms with Crippen molar-refractivity contribution in [1.82, 2.24) is 4.68 Å². The molecule has 1 aromatic carbocycles. The van der Waals surface area contributed by atoms with Gasteiger partial charge in [0.05, 0.1) is 0 Å². The number of ether oxygens (including phenoxy) is 1. The SMILES string of the molecule is Oc1ccc2c(c1)OCC2Nn1cccc1. The van der Waals surface area contributed by atoms with Crippen molar-refractivity contribution in [3.05, 3.63) is 48.3 Å². The summed E-state index contributed by atoms with van der Waals surface area (Å²) in [4.78, 5) is 0. The summed E-state index contributed by atoms with van der Waals surface area (Å²) in [5.41, 5.74) is 4.38. The van der Waals surface area contributed by atoms with Crippen molar-refractivity contribution in [1.29, 1.82) is 0 Å². The largest absolute Gasteiger partial charge is 0.508 e. The van der Waals surface area contributed by atoms with Gasteiger partial charge >= 0.3 is 0 Å². The van der Waals surface area contributed by atoms with Crippen LogP contribution >= 0.6 is 0 Å². The molecule has 1 unspecified atom stereocenters. The smallest absolute Gasteiger partial charge is 0.128 e. The predicted octanol–water partition coefficient (Wildman–Crippen LogP) is 1.87. The second-order valence-corrected chi connectivity index (χ2v) is 3.81. The summed E-state index contributed by atoms with van der Waals surface area (Å²) in [6.45, 7) is 0.580. The Kier molecular flexibility index (Phi) is 1.99. The summed E-state index contributed by atoms with van der Waals surface area (Å²) >= 11 is 0. The van der Waals surface area contributed by atoms with E-state index in [-0.39, 0.29) is 11.8 Å². The lowest BCUT2D eigenvalue weighted by Crippen LogP contribution is -2.20. The van der Waals surface area contributed by atoms with Gasteiger partial charge in [-0.1, -0.05) is 0 Å². The number of hydrogen-bond donors (Lipinski definition) is 2. The van der Waals surface area contributed by atoms with Gasteiger partial charge in [-0.25, -0.2) is 0 Å². The van der Waals surface area contributed by atoms with Gasteiger partial charge < -0.3 is 15.3 Å². The summed E-state index contributed by atoms with van der Waals surface area (Å²) in [6.07, 6.45) is 3.89. The average Bonchev–Trinajstić information content (AvgIpc) is 2.89. The fourth-order valence-electron chi connectivity index (χ4n) is 1.91. The summed E-state index contributed by atoms with van der Waals surface area (Å²) in [6, 6.07) is 9.26. The topological polar surface area (TPSA) is 46.4 Å². The molecule has 3 rings (SSSR count). The molecule has 0 amide bonds. The van der Waals surface area contributed by atoms with Crippen molar-refractivity contribution in [2.24, 2.45) is 0 Å². The predicted molar refractivity (Wildman–Crippen MR) is 60.1 cm³/mol. The molecule has 0 saturated carbocycles. The van der Waals surface area contributed by atoms with Crippen LogP contribution < -0.4 is 10.2 Å². The van der Waals surface area contributed by atoms with Crippen LogP contribution in [0.3, 0.4) is 0 Å². The van der Waals surface area contributed by atoms with Gasteiger partial charge in [0.2, 0.25) is 0 Å². The molecule has 0 spiro atoms. The van der Waals surface area contributed by atoms with E-state index in [1.165, 1.54) is 0 Å². The number of fused-ring (bicyclic) bond motifs is 1. The number of benzene rings is 1. The minimum Gasteiger partial charge on any atom is -0.508 e. The van der Waals surface area contributed by atoms with E-state index < -0.39 is 0 Å². The van der Waals surface area contributed by atoms with E-state index in [2.05, 4.69) is 5.43 Å². The Balaban J connectivity index is 1.86. The van der Waals surface area contributed by atoms with Gasteiger partial charge in [0.1, 0.15) is 24.1 Å². The summed E-state index contributed by atoms with van der Waals surface area (Å²) in [7, 11) is 0. The molecule has 0 fully saturated rings. The fraction of sp³-hybridized carbons (Fsp3) is 0.167. The molecule has 4 nitrogen and oxygen atoms in total. The molecule has 4 heteroatoms. The van der Waals surface area contributed by atoms with Gasteiger partial charge in [-0.3, -0.25) is 4.68 Å². The normalized spacial score (nSPS) is 17.9. The van der Waals surface area contributed by atoms with Gasteiger partial charge in [-0.2, -0.15) is 0 Å². The zero-order valence-electron chi connectivity index (χ0n) is 8.63. The Labute approximate surface area is 93.1 Å². The highest BCUT2D eigenvalue weighted by atomic mass is 16.5. The van der Waals surface area contributed by atoms with Crippen LogP contribution in [0.5, 0.6) is 11.5 Å². The molecule has 2 heterocycles. The van der Waals surface area contributed by atoms with Crippen LogP contribution in [-0.4, -0.2) is 16.4 Å². The lowest BCUT2D eigenvalue weighted by molar-refractivity contribution is 0.332. The molecule has 2 aromatic rings. The Morgan fingerprint density at radius 3 is 2.94 bits per heavy atom. The summed E-state index contributed by atoms with van der Waals surface area (Å²) in [5.74, 6) is 0.991. The minimum absolute atomic E-state index is 0.128. The number of rotatable bonds is 2. The van der Waals surface area contributed by atoms with Gasteiger partial charge in [0.25, 0.3) is 0 Å². The summed E-state index contributed by atoms with van der Waals surface area (Å²) < 4.78 is 7.40. The standard InChI is InChI=1S/C12H12N2O2/c15-9-3-4-10-11(8-16-12(10)7-9)13-14-5-1-2-6-14/h1-7,11,13,15H,8H2. The average molecular weight is 216 g/mol. The van der Waals surface area contributed by atoms with Crippen molar-refractivity contribution in [2.45, 2.75) is 6.04 Å². The van der Waals surface area contributed by atoms with Gasteiger partial charge in [-0.15, -0.1) is 0 Å². The summed E-state index contributed by atoms with van der Waals surface area (Å²) in [5, 5.41) is 9.33. The molecule has 0 saturated heterocycles. The van der Waals surface area contributed by atoms with E-state index in [9.17, 15) is 5.11 Å². The zero-order chi connectivity index (χ0) is 11.0. The first-order valence-electron chi connectivity index (χ1n) is 5.18. The van der Waals surface area contributed by atoms with Crippen molar-refractivity contribution in [2.75, 3.05) is 12.0 Å². The first kappa shape index (κ1) is 9.15. The van der Waals surface area contributed by atoms with E-state index in [4.69, 9.17) is 4.74 Å². The van der Waals surface area contributed by atoms with Crippen LogP contribution in [0.4, 0.5) is 0 Å². The molecule has 1 aliphatic rings. The maximum Gasteiger partial charge on any atom is 0.128 e. The first-order valence-corrected chi connectivity index (χ1v) is 5.18. The second kappa shape index (κ2) is 3.48. The van der Waals surface area contributed by atoms with E-state index >= 15 is 0 Å². The monoisotopic (exact) mass is 216 g/mol. The highest BCUT2D eigenvalue weighted by molar-refractivity contribution is 5.45. The maximum atomic E-state index is 9.33.